The topological polar surface area (TPSA) is 114 Å². The molecule has 0 bridgehead atoms. The fourth-order valence-electron chi connectivity index (χ4n) is 3.49. The van der Waals surface area contributed by atoms with Crippen molar-refractivity contribution < 1.29 is 28.7 Å². The summed E-state index contributed by atoms with van der Waals surface area (Å²) in [5, 5.41) is 3.44. The van der Waals surface area contributed by atoms with Crippen LogP contribution in [0.15, 0.2) is 18.2 Å². The molecule has 1 aliphatic carbocycles. The normalized spacial score (nSPS) is 24.1. The number of methoxy groups -OCH3 is 1. The third-order valence-corrected chi connectivity index (χ3v) is 5.23. The molecule has 150 valence electrons. The summed E-state index contributed by atoms with van der Waals surface area (Å²) in [7, 11) is 1.47. The monoisotopic (exact) mass is 389 g/mol. The number of rotatable bonds is 6. The van der Waals surface area contributed by atoms with Crippen molar-refractivity contribution in [2.75, 3.05) is 13.7 Å². The van der Waals surface area contributed by atoms with Crippen LogP contribution in [0.2, 0.25) is 0 Å². The number of amides is 4. The Labute approximate surface area is 162 Å². The number of hydrogen-bond acceptors (Lipinski definition) is 6. The van der Waals surface area contributed by atoms with Crippen molar-refractivity contribution in [1.82, 2.24) is 15.8 Å². The number of nitrogens with zero attached hydrogens (tertiary/aromatic N) is 1. The summed E-state index contributed by atoms with van der Waals surface area (Å²) in [6.07, 6.45) is 3.36. The molecule has 1 saturated carbocycles. The Balaban J connectivity index is 1.60. The Bertz CT molecular complexity index is 801. The van der Waals surface area contributed by atoms with E-state index in [9.17, 15) is 19.2 Å². The van der Waals surface area contributed by atoms with Gasteiger partial charge in [0.05, 0.1) is 12.7 Å². The van der Waals surface area contributed by atoms with Crippen molar-refractivity contribution in [2.45, 2.75) is 38.1 Å². The van der Waals surface area contributed by atoms with Gasteiger partial charge in [-0.25, -0.2) is 4.79 Å². The van der Waals surface area contributed by atoms with Crippen molar-refractivity contribution in [3.8, 4) is 11.5 Å². The van der Waals surface area contributed by atoms with Gasteiger partial charge in [0.1, 0.15) is 17.0 Å². The third-order valence-electron chi connectivity index (χ3n) is 5.23. The average Bonchev–Trinajstić information content (AvgIpc) is 2.92. The van der Waals surface area contributed by atoms with Crippen molar-refractivity contribution in [1.29, 1.82) is 0 Å². The molecule has 28 heavy (non-hydrogen) atoms. The number of benzene rings is 1. The van der Waals surface area contributed by atoms with Crippen LogP contribution in [0.3, 0.4) is 0 Å². The van der Waals surface area contributed by atoms with Crippen LogP contribution in [0.5, 0.6) is 11.5 Å². The molecule has 9 nitrogen and oxygen atoms in total. The highest BCUT2D eigenvalue weighted by atomic mass is 16.5. The first-order valence-corrected chi connectivity index (χ1v) is 9.11. The van der Waals surface area contributed by atoms with E-state index < -0.39 is 30.0 Å². The molecule has 4 amide bonds. The first-order chi connectivity index (χ1) is 13.4. The molecule has 0 unspecified atom stereocenters. The Morgan fingerprint density at radius 1 is 1.36 bits per heavy atom. The molecule has 3 rings (SSSR count). The van der Waals surface area contributed by atoms with Gasteiger partial charge in [0.15, 0.2) is 12.9 Å². The second-order valence-corrected chi connectivity index (χ2v) is 7.18. The van der Waals surface area contributed by atoms with E-state index in [1.165, 1.54) is 19.2 Å². The van der Waals surface area contributed by atoms with Gasteiger partial charge < -0.3 is 14.8 Å². The summed E-state index contributed by atoms with van der Waals surface area (Å²) >= 11 is 0. The average molecular weight is 389 g/mol. The molecule has 2 aliphatic rings. The van der Waals surface area contributed by atoms with Gasteiger partial charge in [-0.2, -0.15) is 5.01 Å². The standard InChI is InChI=1S/C19H23N3O6/c1-12-5-7-19(8-6-12)17(25)22(18(26)20-19)21-16(24)11-28-15-4-3-14(27-2)9-13(15)10-23/h3-4,9-10,12H,5-8,11H2,1-2H3,(H,20,26)(H,21,24). The van der Waals surface area contributed by atoms with E-state index in [1.807, 2.05) is 0 Å². The van der Waals surface area contributed by atoms with Crippen LogP contribution in [-0.2, 0) is 9.59 Å². The molecule has 1 aromatic rings. The van der Waals surface area contributed by atoms with E-state index in [-0.39, 0.29) is 11.3 Å². The van der Waals surface area contributed by atoms with Gasteiger partial charge in [0.25, 0.3) is 11.8 Å². The minimum Gasteiger partial charge on any atom is -0.497 e. The highest BCUT2D eigenvalue weighted by Gasteiger charge is 2.52. The zero-order chi connectivity index (χ0) is 20.3. The van der Waals surface area contributed by atoms with Crippen LogP contribution < -0.4 is 20.2 Å². The maximum Gasteiger partial charge on any atom is 0.344 e. The first-order valence-electron chi connectivity index (χ1n) is 9.11. The van der Waals surface area contributed by atoms with Gasteiger partial charge in [-0.1, -0.05) is 6.92 Å². The van der Waals surface area contributed by atoms with Crippen LogP contribution in [0.1, 0.15) is 43.0 Å². The fourth-order valence-corrected chi connectivity index (χ4v) is 3.49. The molecule has 0 aromatic heterocycles. The number of imide groups is 1. The second kappa shape index (κ2) is 7.87. The predicted octanol–water partition coefficient (Wildman–Crippen LogP) is 1.42. The minimum absolute atomic E-state index is 0.195. The van der Waals surface area contributed by atoms with Crippen molar-refractivity contribution >= 4 is 24.1 Å². The zero-order valence-electron chi connectivity index (χ0n) is 15.8. The summed E-state index contributed by atoms with van der Waals surface area (Å²) in [5.41, 5.74) is 1.57. The molecule has 1 heterocycles. The van der Waals surface area contributed by atoms with Gasteiger partial charge in [-0.15, -0.1) is 0 Å². The smallest absolute Gasteiger partial charge is 0.344 e. The van der Waals surface area contributed by atoms with Gasteiger partial charge in [-0.05, 0) is 49.8 Å². The van der Waals surface area contributed by atoms with Crippen molar-refractivity contribution in [3.05, 3.63) is 23.8 Å². The zero-order valence-corrected chi connectivity index (χ0v) is 15.8. The Kier molecular flexibility index (Phi) is 5.53. The largest absolute Gasteiger partial charge is 0.497 e. The lowest BCUT2D eigenvalue weighted by Crippen LogP contribution is -2.52. The molecular weight excluding hydrogens is 366 g/mol. The van der Waals surface area contributed by atoms with Gasteiger partial charge >= 0.3 is 6.03 Å². The molecule has 0 radical (unpaired) electrons. The minimum atomic E-state index is -0.932. The third kappa shape index (κ3) is 3.78. The summed E-state index contributed by atoms with van der Waals surface area (Å²) in [5.74, 6) is 0.0447. The fraction of sp³-hybridized carbons (Fsp3) is 0.474. The van der Waals surface area contributed by atoms with Crippen molar-refractivity contribution in [3.63, 3.8) is 0 Å². The molecule has 1 aliphatic heterocycles. The lowest BCUT2D eigenvalue weighted by atomic mass is 9.77. The van der Waals surface area contributed by atoms with E-state index in [0.717, 1.165) is 17.9 Å². The molecule has 0 atom stereocenters. The van der Waals surface area contributed by atoms with E-state index in [2.05, 4.69) is 17.7 Å². The summed E-state index contributed by atoms with van der Waals surface area (Å²) in [6.45, 7) is 1.64. The van der Waals surface area contributed by atoms with E-state index in [0.29, 0.717) is 30.8 Å². The highest BCUT2D eigenvalue weighted by Crippen LogP contribution is 2.35. The Hall–Kier alpha value is -3.10. The van der Waals surface area contributed by atoms with Crippen molar-refractivity contribution in [2.24, 2.45) is 5.92 Å². The summed E-state index contributed by atoms with van der Waals surface area (Å²) < 4.78 is 10.4. The Morgan fingerprint density at radius 2 is 2.07 bits per heavy atom. The molecule has 9 heteroatoms. The maximum atomic E-state index is 12.7. The highest BCUT2D eigenvalue weighted by molar-refractivity contribution is 6.08. The number of carbonyl (C=O) groups is 4. The second-order valence-electron chi connectivity index (χ2n) is 7.18. The molecule has 2 N–H and O–H groups in total. The van der Waals surface area contributed by atoms with Crippen LogP contribution in [0, 0.1) is 5.92 Å². The molecular formula is C19H23N3O6. The molecule has 1 spiro atoms. The number of nitrogens with one attached hydrogen (secondary N) is 2. The van der Waals surface area contributed by atoms with Crippen LogP contribution in [-0.4, -0.2) is 48.4 Å². The lowest BCUT2D eigenvalue weighted by Gasteiger charge is -2.33. The van der Waals surface area contributed by atoms with Gasteiger partial charge in [0, 0.05) is 0 Å². The van der Waals surface area contributed by atoms with E-state index in [4.69, 9.17) is 9.47 Å². The van der Waals surface area contributed by atoms with Crippen LogP contribution >= 0.6 is 0 Å². The first kappa shape index (κ1) is 19.7. The van der Waals surface area contributed by atoms with Crippen LogP contribution in [0.4, 0.5) is 4.79 Å². The van der Waals surface area contributed by atoms with E-state index in [1.54, 1.807) is 6.07 Å². The molecule has 2 fully saturated rings. The number of carbonyl (C=O) groups excluding carboxylic acids is 4. The quantitative estimate of drug-likeness (QED) is 0.562. The summed E-state index contributed by atoms with van der Waals surface area (Å²) in [4.78, 5) is 48.2. The lowest BCUT2D eigenvalue weighted by molar-refractivity contribution is -0.140. The Morgan fingerprint density at radius 3 is 2.71 bits per heavy atom. The van der Waals surface area contributed by atoms with Crippen LogP contribution in [0.25, 0.3) is 0 Å². The number of ether oxygens (including phenoxy) is 2. The predicted molar refractivity (Wildman–Crippen MR) is 97.8 cm³/mol. The maximum absolute atomic E-state index is 12.7. The van der Waals surface area contributed by atoms with Gasteiger partial charge in [0.2, 0.25) is 0 Å². The molecule has 1 aromatic carbocycles. The van der Waals surface area contributed by atoms with E-state index >= 15 is 0 Å². The molecule has 1 saturated heterocycles. The van der Waals surface area contributed by atoms with Gasteiger partial charge in [-0.3, -0.25) is 19.8 Å². The SMILES string of the molecule is COc1ccc(OCC(=O)NN2C(=O)NC3(CCC(C)CC3)C2=O)c(C=O)c1. The number of urea groups is 1. The number of aldehydes is 1. The number of hydrogen-bond donors (Lipinski definition) is 2. The number of hydrazine groups is 1. The summed E-state index contributed by atoms with van der Waals surface area (Å²) in [6, 6.07) is 3.92.